The van der Waals surface area contributed by atoms with Gasteiger partial charge in [-0.1, -0.05) is 36.4 Å². The van der Waals surface area contributed by atoms with Crippen LogP contribution in [0.25, 0.3) is 6.08 Å². The maximum atomic E-state index is 13.3. The molecular weight excluding hydrogens is 502 g/mol. The van der Waals surface area contributed by atoms with Crippen LogP contribution in [-0.4, -0.2) is 29.4 Å². The van der Waals surface area contributed by atoms with Gasteiger partial charge in [-0.25, -0.2) is 9.69 Å². The Morgan fingerprint density at radius 3 is 2.38 bits per heavy atom. The summed E-state index contributed by atoms with van der Waals surface area (Å²) in [6.07, 6.45) is 3.48. The Balaban J connectivity index is 1.71. The van der Waals surface area contributed by atoms with E-state index in [0.717, 1.165) is 16.0 Å². The van der Waals surface area contributed by atoms with Crippen molar-refractivity contribution in [3.63, 3.8) is 0 Å². The highest BCUT2D eigenvalue weighted by Crippen LogP contribution is 2.36. The lowest BCUT2D eigenvalue weighted by atomic mass is 10.0. The molecule has 10 nitrogen and oxygen atoms in total. The lowest BCUT2D eigenvalue weighted by molar-refractivity contribution is -0.384. The van der Waals surface area contributed by atoms with Crippen molar-refractivity contribution in [2.45, 2.75) is 20.0 Å². The van der Waals surface area contributed by atoms with Crippen molar-refractivity contribution >= 4 is 35.3 Å². The number of nitrogens with one attached hydrogen (secondary N) is 1. The predicted octanol–water partition coefficient (Wildman–Crippen LogP) is 4.97. The van der Waals surface area contributed by atoms with Crippen molar-refractivity contribution in [2.75, 3.05) is 11.5 Å². The van der Waals surface area contributed by atoms with Crippen molar-refractivity contribution in [2.24, 2.45) is 0 Å². The summed E-state index contributed by atoms with van der Waals surface area (Å²) in [6.45, 7) is 6.29. The van der Waals surface area contributed by atoms with Crippen molar-refractivity contribution in [1.82, 2.24) is 5.32 Å². The highest BCUT2D eigenvalue weighted by molar-refractivity contribution is 6.39. The average Bonchev–Trinajstić information content (AvgIpc) is 2.92. The number of nitrogens with zero attached hydrogens (tertiary/aromatic N) is 2. The van der Waals surface area contributed by atoms with Gasteiger partial charge in [-0.2, -0.15) is 0 Å². The average molecular weight is 528 g/mol. The van der Waals surface area contributed by atoms with Gasteiger partial charge in [0.2, 0.25) is 0 Å². The Bertz CT molecular complexity index is 1460. The van der Waals surface area contributed by atoms with E-state index in [1.807, 2.05) is 37.3 Å². The third kappa shape index (κ3) is 6.02. The molecule has 0 saturated carbocycles. The van der Waals surface area contributed by atoms with E-state index >= 15 is 0 Å². The standard InChI is InChI=1S/C29H25N3O7/c1-3-8-21-15-20(17-25(38-4-2)26(21)39-18-19-9-6-5-7-10-19)16-24-27(33)30-29(35)31(28(24)34)22-11-13-23(14-12-22)32(36)37/h3,5-7,9-17H,1,4,8,18H2,2H3,(H,30,33,35)/b24-16+. The second-order valence-corrected chi connectivity index (χ2v) is 8.44. The number of imide groups is 2. The normalized spacial score (nSPS) is 14.2. The SMILES string of the molecule is C=CCc1cc(/C=C2\C(=O)NC(=O)N(c3ccc([N+](=O)[O-])cc3)C2=O)cc(OCC)c1OCc1ccccc1. The van der Waals surface area contributed by atoms with Gasteiger partial charge in [0.15, 0.2) is 11.5 Å². The van der Waals surface area contributed by atoms with E-state index in [-0.39, 0.29) is 16.9 Å². The molecule has 0 atom stereocenters. The first-order valence-corrected chi connectivity index (χ1v) is 12.1. The molecule has 4 rings (SSSR count). The summed E-state index contributed by atoms with van der Waals surface area (Å²) < 4.78 is 12.0. The molecule has 0 aliphatic carbocycles. The molecule has 1 N–H and O–H groups in total. The van der Waals surface area contributed by atoms with E-state index in [0.29, 0.717) is 36.7 Å². The highest BCUT2D eigenvalue weighted by atomic mass is 16.6. The Morgan fingerprint density at radius 2 is 1.74 bits per heavy atom. The van der Waals surface area contributed by atoms with Crippen LogP contribution in [0.4, 0.5) is 16.2 Å². The quantitative estimate of drug-likeness (QED) is 0.130. The third-order valence-corrected chi connectivity index (χ3v) is 5.78. The minimum absolute atomic E-state index is 0.0773. The topological polar surface area (TPSA) is 128 Å². The lowest BCUT2D eigenvalue weighted by Crippen LogP contribution is -2.54. The van der Waals surface area contributed by atoms with Crippen LogP contribution in [0.3, 0.4) is 0 Å². The summed E-state index contributed by atoms with van der Waals surface area (Å²) in [7, 11) is 0. The van der Waals surface area contributed by atoms with Crippen LogP contribution in [0.1, 0.15) is 23.6 Å². The Labute approximate surface area is 224 Å². The van der Waals surface area contributed by atoms with Gasteiger partial charge in [0.05, 0.1) is 17.2 Å². The van der Waals surface area contributed by atoms with E-state index in [1.165, 1.54) is 30.3 Å². The number of rotatable bonds is 10. The van der Waals surface area contributed by atoms with Gasteiger partial charge in [0.25, 0.3) is 17.5 Å². The van der Waals surface area contributed by atoms with Crippen LogP contribution < -0.4 is 19.7 Å². The molecule has 1 heterocycles. The number of carbonyl (C=O) groups excluding carboxylic acids is 3. The Morgan fingerprint density at radius 1 is 1.03 bits per heavy atom. The largest absolute Gasteiger partial charge is 0.490 e. The molecule has 198 valence electrons. The molecule has 3 aromatic carbocycles. The molecular formula is C29H25N3O7. The molecule has 4 amide bonds. The number of non-ortho nitro benzene ring substituents is 1. The summed E-state index contributed by atoms with van der Waals surface area (Å²) in [6, 6.07) is 16.9. The van der Waals surface area contributed by atoms with Gasteiger partial charge < -0.3 is 9.47 Å². The fourth-order valence-corrected chi connectivity index (χ4v) is 4.01. The molecule has 0 bridgehead atoms. The second kappa shape index (κ2) is 11.9. The fourth-order valence-electron chi connectivity index (χ4n) is 4.01. The van der Waals surface area contributed by atoms with Gasteiger partial charge in [0.1, 0.15) is 12.2 Å². The van der Waals surface area contributed by atoms with Gasteiger partial charge in [0, 0.05) is 17.7 Å². The second-order valence-electron chi connectivity index (χ2n) is 8.44. The summed E-state index contributed by atoms with van der Waals surface area (Å²) in [4.78, 5) is 49.6. The summed E-state index contributed by atoms with van der Waals surface area (Å²) >= 11 is 0. The van der Waals surface area contributed by atoms with E-state index in [1.54, 1.807) is 18.2 Å². The number of nitro groups is 1. The van der Waals surface area contributed by atoms with Crippen LogP contribution in [0.2, 0.25) is 0 Å². The van der Waals surface area contributed by atoms with Crippen molar-refractivity contribution in [3.05, 3.63) is 112 Å². The minimum atomic E-state index is -0.956. The molecule has 39 heavy (non-hydrogen) atoms. The summed E-state index contributed by atoms with van der Waals surface area (Å²) in [5.74, 6) is -0.794. The molecule has 1 aliphatic heterocycles. The lowest BCUT2D eigenvalue weighted by Gasteiger charge is -2.26. The fraction of sp³-hybridized carbons (Fsp3) is 0.138. The van der Waals surface area contributed by atoms with E-state index in [4.69, 9.17) is 9.47 Å². The molecule has 0 aromatic heterocycles. The molecule has 0 radical (unpaired) electrons. The van der Waals surface area contributed by atoms with Crippen LogP contribution in [0, 0.1) is 10.1 Å². The van der Waals surface area contributed by atoms with E-state index in [2.05, 4.69) is 11.9 Å². The maximum Gasteiger partial charge on any atom is 0.335 e. The Hall–Kier alpha value is -5.25. The Kier molecular flexibility index (Phi) is 8.15. The van der Waals surface area contributed by atoms with Gasteiger partial charge >= 0.3 is 6.03 Å². The summed E-state index contributed by atoms with van der Waals surface area (Å²) in [5.41, 5.74) is 1.75. The molecule has 1 aliphatic rings. The number of urea groups is 1. The molecule has 0 spiro atoms. The van der Waals surface area contributed by atoms with Crippen LogP contribution >= 0.6 is 0 Å². The van der Waals surface area contributed by atoms with Crippen molar-refractivity contribution < 1.29 is 28.8 Å². The molecule has 10 heteroatoms. The zero-order chi connectivity index (χ0) is 27.9. The van der Waals surface area contributed by atoms with Crippen LogP contribution in [0.15, 0.2) is 85.0 Å². The first-order valence-electron chi connectivity index (χ1n) is 12.1. The van der Waals surface area contributed by atoms with Crippen LogP contribution in [-0.2, 0) is 22.6 Å². The molecule has 3 aromatic rings. The minimum Gasteiger partial charge on any atom is -0.490 e. The number of hydrogen-bond donors (Lipinski definition) is 1. The number of amides is 4. The number of carbonyl (C=O) groups is 3. The number of benzene rings is 3. The van der Waals surface area contributed by atoms with Crippen molar-refractivity contribution in [1.29, 1.82) is 0 Å². The van der Waals surface area contributed by atoms with Gasteiger partial charge in [-0.15, -0.1) is 6.58 Å². The summed E-state index contributed by atoms with van der Waals surface area (Å²) in [5, 5.41) is 13.1. The van der Waals surface area contributed by atoms with Crippen LogP contribution in [0.5, 0.6) is 11.5 Å². The first-order chi connectivity index (χ1) is 18.8. The number of allylic oxidation sites excluding steroid dienone is 1. The maximum absolute atomic E-state index is 13.3. The first kappa shape index (κ1) is 26.8. The number of hydrogen-bond acceptors (Lipinski definition) is 7. The number of ether oxygens (including phenoxy) is 2. The van der Waals surface area contributed by atoms with Gasteiger partial charge in [-0.3, -0.25) is 25.0 Å². The zero-order valence-corrected chi connectivity index (χ0v) is 21.1. The molecule has 1 fully saturated rings. The zero-order valence-electron chi connectivity index (χ0n) is 21.1. The van der Waals surface area contributed by atoms with E-state index < -0.39 is 22.8 Å². The van der Waals surface area contributed by atoms with Crippen molar-refractivity contribution in [3.8, 4) is 11.5 Å². The number of anilines is 1. The smallest absolute Gasteiger partial charge is 0.335 e. The molecule has 1 saturated heterocycles. The number of barbiturate groups is 1. The number of nitro benzene ring substituents is 1. The van der Waals surface area contributed by atoms with E-state index in [9.17, 15) is 24.5 Å². The predicted molar refractivity (Wildman–Crippen MR) is 144 cm³/mol. The van der Waals surface area contributed by atoms with Gasteiger partial charge in [-0.05, 0) is 54.8 Å². The monoisotopic (exact) mass is 527 g/mol. The highest BCUT2D eigenvalue weighted by Gasteiger charge is 2.37. The third-order valence-electron chi connectivity index (χ3n) is 5.78. The molecule has 0 unspecified atom stereocenters.